The summed E-state index contributed by atoms with van der Waals surface area (Å²) < 4.78 is 11.0. The van der Waals surface area contributed by atoms with Gasteiger partial charge in [-0.2, -0.15) is 0 Å². The SMILES string of the molecule is COc1ccc(C(=O)N2CCN(C(=O)c3ccc(COc4ccc(C)cc4)cc3)CC2)cc1. The van der Waals surface area contributed by atoms with E-state index in [0.29, 0.717) is 43.9 Å². The topological polar surface area (TPSA) is 59.1 Å². The van der Waals surface area contributed by atoms with Crippen molar-refractivity contribution < 1.29 is 19.1 Å². The number of piperazine rings is 1. The van der Waals surface area contributed by atoms with Crippen LogP contribution in [0.3, 0.4) is 0 Å². The van der Waals surface area contributed by atoms with Gasteiger partial charge in [-0.3, -0.25) is 9.59 Å². The second-order valence-corrected chi connectivity index (χ2v) is 8.11. The lowest BCUT2D eigenvalue weighted by molar-refractivity contribution is 0.0535. The largest absolute Gasteiger partial charge is 0.497 e. The number of aryl methyl sites for hydroxylation is 1. The third kappa shape index (κ3) is 5.52. The molecule has 1 aliphatic rings. The molecule has 0 spiro atoms. The Labute approximate surface area is 194 Å². The monoisotopic (exact) mass is 444 g/mol. The first kappa shape index (κ1) is 22.4. The number of carbonyl (C=O) groups is 2. The molecule has 4 rings (SSSR count). The quantitative estimate of drug-likeness (QED) is 0.572. The normalized spacial score (nSPS) is 13.5. The zero-order valence-corrected chi connectivity index (χ0v) is 19.0. The molecule has 0 aromatic heterocycles. The van der Waals surface area contributed by atoms with E-state index in [4.69, 9.17) is 9.47 Å². The third-order valence-electron chi connectivity index (χ3n) is 5.82. The summed E-state index contributed by atoms with van der Waals surface area (Å²) in [6.07, 6.45) is 0. The molecule has 1 fully saturated rings. The van der Waals surface area contributed by atoms with Gasteiger partial charge >= 0.3 is 0 Å². The van der Waals surface area contributed by atoms with Crippen molar-refractivity contribution in [2.75, 3.05) is 33.3 Å². The summed E-state index contributed by atoms with van der Waals surface area (Å²) in [4.78, 5) is 29.2. The number of hydrogen-bond acceptors (Lipinski definition) is 4. The van der Waals surface area contributed by atoms with Crippen molar-refractivity contribution in [1.29, 1.82) is 0 Å². The van der Waals surface area contributed by atoms with Gasteiger partial charge in [-0.15, -0.1) is 0 Å². The molecule has 0 aliphatic carbocycles. The summed E-state index contributed by atoms with van der Waals surface area (Å²) in [5.74, 6) is 1.50. The Morgan fingerprint density at radius 2 is 1.15 bits per heavy atom. The van der Waals surface area contributed by atoms with Crippen molar-refractivity contribution in [2.24, 2.45) is 0 Å². The predicted molar refractivity (Wildman–Crippen MR) is 127 cm³/mol. The maximum atomic E-state index is 12.9. The summed E-state index contributed by atoms with van der Waals surface area (Å²) in [5.41, 5.74) is 3.46. The van der Waals surface area contributed by atoms with Gasteiger partial charge in [-0.05, 0) is 61.0 Å². The fourth-order valence-electron chi connectivity index (χ4n) is 3.76. The molecule has 0 N–H and O–H groups in total. The van der Waals surface area contributed by atoms with Crippen LogP contribution in [-0.2, 0) is 6.61 Å². The molecule has 170 valence electrons. The van der Waals surface area contributed by atoms with Crippen molar-refractivity contribution in [3.8, 4) is 11.5 Å². The second kappa shape index (κ2) is 10.2. The third-order valence-corrected chi connectivity index (χ3v) is 5.82. The number of rotatable bonds is 6. The zero-order valence-electron chi connectivity index (χ0n) is 19.0. The Morgan fingerprint density at radius 1 is 0.697 bits per heavy atom. The van der Waals surface area contributed by atoms with Crippen LogP contribution in [-0.4, -0.2) is 54.9 Å². The number of methoxy groups -OCH3 is 1. The molecule has 3 aromatic rings. The maximum absolute atomic E-state index is 12.9. The first-order chi connectivity index (χ1) is 16.0. The minimum Gasteiger partial charge on any atom is -0.497 e. The fourth-order valence-corrected chi connectivity index (χ4v) is 3.76. The molecule has 0 radical (unpaired) electrons. The smallest absolute Gasteiger partial charge is 0.253 e. The molecule has 6 heteroatoms. The molecule has 0 saturated carbocycles. The van der Waals surface area contributed by atoms with Crippen LogP contribution >= 0.6 is 0 Å². The highest BCUT2D eigenvalue weighted by Crippen LogP contribution is 2.17. The lowest BCUT2D eigenvalue weighted by atomic mass is 10.1. The van der Waals surface area contributed by atoms with Crippen molar-refractivity contribution >= 4 is 11.8 Å². The van der Waals surface area contributed by atoms with Crippen LogP contribution in [0, 0.1) is 6.92 Å². The van der Waals surface area contributed by atoms with E-state index < -0.39 is 0 Å². The summed E-state index contributed by atoms with van der Waals surface area (Å²) in [7, 11) is 1.60. The van der Waals surface area contributed by atoms with E-state index in [2.05, 4.69) is 0 Å². The summed E-state index contributed by atoms with van der Waals surface area (Å²) >= 11 is 0. The highest BCUT2D eigenvalue weighted by Gasteiger charge is 2.25. The Morgan fingerprint density at radius 3 is 1.64 bits per heavy atom. The number of benzene rings is 3. The van der Waals surface area contributed by atoms with E-state index in [1.54, 1.807) is 41.2 Å². The molecular weight excluding hydrogens is 416 g/mol. The number of amides is 2. The maximum Gasteiger partial charge on any atom is 0.253 e. The van der Waals surface area contributed by atoms with Gasteiger partial charge in [0.1, 0.15) is 18.1 Å². The molecule has 2 amide bonds. The van der Waals surface area contributed by atoms with Gasteiger partial charge in [0.15, 0.2) is 0 Å². The van der Waals surface area contributed by atoms with Crippen LogP contribution in [0.1, 0.15) is 31.8 Å². The fraction of sp³-hybridized carbons (Fsp3) is 0.259. The molecule has 1 aliphatic heterocycles. The molecule has 1 saturated heterocycles. The van der Waals surface area contributed by atoms with E-state index in [9.17, 15) is 9.59 Å². The Hall–Kier alpha value is -3.80. The average Bonchev–Trinajstić information content (AvgIpc) is 2.88. The first-order valence-electron chi connectivity index (χ1n) is 11.0. The Bertz CT molecular complexity index is 1080. The molecule has 1 heterocycles. The van der Waals surface area contributed by atoms with Gasteiger partial charge in [0.2, 0.25) is 0 Å². The van der Waals surface area contributed by atoms with Crippen molar-refractivity contribution in [2.45, 2.75) is 13.5 Å². The number of nitrogens with zero attached hydrogens (tertiary/aromatic N) is 2. The van der Waals surface area contributed by atoms with Gasteiger partial charge in [-0.25, -0.2) is 0 Å². The van der Waals surface area contributed by atoms with Crippen LogP contribution in [0.15, 0.2) is 72.8 Å². The van der Waals surface area contributed by atoms with Crippen LogP contribution < -0.4 is 9.47 Å². The van der Waals surface area contributed by atoms with Crippen LogP contribution in [0.2, 0.25) is 0 Å². The van der Waals surface area contributed by atoms with Crippen LogP contribution in [0.25, 0.3) is 0 Å². The van der Waals surface area contributed by atoms with Crippen molar-refractivity contribution in [3.05, 3.63) is 95.1 Å². The van der Waals surface area contributed by atoms with E-state index in [1.807, 2.05) is 55.5 Å². The van der Waals surface area contributed by atoms with Gasteiger partial charge in [0, 0.05) is 37.3 Å². The number of hydrogen-bond donors (Lipinski definition) is 0. The number of carbonyl (C=O) groups excluding carboxylic acids is 2. The lowest BCUT2D eigenvalue weighted by Crippen LogP contribution is -2.50. The first-order valence-corrected chi connectivity index (χ1v) is 11.0. The number of ether oxygens (including phenoxy) is 2. The summed E-state index contributed by atoms with van der Waals surface area (Å²) in [6.45, 7) is 4.54. The molecule has 33 heavy (non-hydrogen) atoms. The highest BCUT2D eigenvalue weighted by molar-refractivity contribution is 5.96. The Balaban J connectivity index is 1.29. The summed E-state index contributed by atoms with van der Waals surface area (Å²) in [5, 5.41) is 0. The Kier molecular flexibility index (Phi) is 6.93. The van der Waals surface area contributed by atoms with Crippen molar-refractivity contribution in [1.82, 2.24) is 9.80 Å². The van der Waals surface area contributed by atoms with Crippen LogP contribution in [0.5, 0.6) is 11.5 Å². The molecule has 6 nitrogen and oxygen atoms in total. The molecule has 0 bridgehead atoms. The minimum absolute atomic E-state index is 0.0162. The second-order valence-electron chi connectivity index (χ2n) is 8.11. The lowest BCUT2D eigenvalue weighted by Gasteiger charge is -2.35. The van der Waals surface area contributed by atoms with E-state index in [1.165, 1.54) is 5.56 Å². The molecule has 0 unspecified atom stereocenters. The van der Waals surface area contributed by atoms with E-state index in [0.717, 1.165) is 17.1 Å². The van der Waals surface area contributed by atoms with E-state index in [-0.39, 0.29) is 11.8 Å². The minimum atomic E-state index is -0.0253. The zero-order chi connectivity index (χ0) is 23.2. The predicted octanol–water partition coefficient (Wildman–Crippen LogP) is 4.18. The van der Waals surface area contributed by atoms with Gasteiger partial charge < -0.3 is 19.3 Å². The van der Waals surface area contributed by atoms with Crippen molar-refractivity contribution in [3.63, 3.8) is 0 Å². The van der Waals surface area contributed by atoms with Crippen LogP contribution in [0.4, 0.5) is 0 Å². The van der Waals surface area contributed by atoms with Gasteiger partial charge in [0.05, 0.1) is 7.11 Å². The average molecular weight is 445 g/mol. The molecule has 3 aromatic carbocycles. The molecular formula is C27H28N2O4. The van der Waals surface area contributed by atoms with Gasteiger partial charge in [-0.1, -0.05) is 29.8 Å². The highest BCUT2D eigenvalue weighted by atomic mass is 16.5. The van der Waals surface area contributed by atoms with E-state index >= 15 is 0 Å². The summed E-state index contributed by atoms with van der Waals surface area (Å²) in [6, 6.07) is 22.5. The molecule has 0 atom stereocenters. The standard InChI is InChI=1S/C27H28N2O4/c1-20-3-11-25(12-4-20)33-19-21-5-7-22(8-6-21)26(30)28-15-17-29(18-16-28)27(31)23-9-13-24(32-2)14-10-23/h3-14H,15-19H2,1-2H3. The van der Waals surface area contributed by atoms with Gasteiger partial charge in [0.25, 0.3) is 11.8 Å².